The van der Waals surface area contributed by atoms with Crippen LogP contribution in [0.1, 0.15) is 48.5 Å². The van der Waals surface area contributed by atoms with Gasteiger partial charge in [-0.15, -0.1) is 0 Å². The van der Waals surface area contributed by atoms with Gasteiger partial charge in [-0.2, -0.15) is 0 Å². The van der Waals surface area contributed by atoms with Gasteiger partial charge in [0.25, 0.3) is 0 Å². The van der Waals surface area contributed by atoms with Crippen LogP contribution in [0, 0.1) is 0 Å². The van der Waals surface area contributed by atoms with Crippen LogP contribution in [0.5, 0.6) is 0 Å². The number of hydrogen-bond acceptors (Lipinski definition) is 2. The third kappa shape index (κ3) is 2.92. The van der Waals surface area contributed by atoms with E-state index in [0.29, 0.717) is 11.5 Å². The molecular formula is C13H18BrNO. The van der Waals surface area contributed by atoms with Gasteiger partial charge in [0.2, 0.25) is 0 Å². The molecule has 2 nitrogen and oxygen atoms in total. The van der Waals surface area contributed by atoms with Crippen LogP contribution in [-0.4, -0.2) is 12.3 Å². The van der Waals surface area contributed by atoms with Crippen LogP contribution in [0.25, 0.3) is 0 Å². The molecule has 0 fully saturated rings. The van der Waals surface area contributed by atoms with Crippen molar-refractivity contribution in [2.75, 3.05) is 6.54 Å². The molecule has 1 aromatic carbocycles. The van der Waals surface area contributed by atoms with E-state index in [-0.39, 0.29) is 12.3 Å². The van der Waals surface area contributed by atoms with Crippen molar-refractivity contribution in [3.05, 3.63) is 33.8 Å². The molecule has 0 atom stereocenters. The fourth-order valence-corrected chi connectivity index (χ4v) is 2.58. The highest BCUT2D eigenvalue weighted by molar-refractivity contribution is 9.10. The molecule has 1 aromatic rings. The van der Waals surface area contributed by atoms with Gasteiger partial charge in [0.15, 0.2) is 5.78 Å². The fourth-order valence-electron chi connectivity index (χ4n) is 1.88. The maximum atomic E-state index is 11.4. The van der Waals surface area contributed by atoms with Gasteiger partial charge in [-0.25, -0.2) is 0 Å². The standard InChI is InChI=1S/C13H18BrNO/c1-3-9(4-2)11-6-5-10(7-12(11)14)13(16)8-15/h5-7,9H,3-4,8,15H2,1-2H3. The van der Waals surface area contributed by atoms with Gasteiger partial charge in [-0.3, -0.25) is 4.79 Å². The zero-order chi connectivity index (χ0) is 12.1. The van der Waals surface area contributed by atoms with Crippen molar-refractivity contribution in [1.29, 1.82) is 0 Å². The quantitative estimate of drug-likeness (QED) is 0.841. The van der Waals surface area contributed by atoms with E-state index in [1.54, 1.807) is 0 Å². The van der Waals surface area contributed by atoms with Gasteiger partial charge in [0, 0.05) is 10.0 Å². The van der Waals surface area contributed by atoms with Crippen LogP contribution in [0.15, 0.2) is 22.7 Å². The maximum Gasteiger partial charge on any atom is 0.176 e. The van der Waals surface area contributed by atoms with Crippen LogP contribution in [0.4, 0.5) is 0 Å². The van der Waals surface area contributed by atoms with Crippen LogP contribution in [0.3, 0.4) is 0 Å². The zero-order valence-corrected chi connectivity index (χ0v) is 11.4. The average Bonchev–Trinajstić information content (AvgIpc) is 2.31. The summed E-state index contributed by atoms with van der Waals surface area (Å²) in [6, 6.07) is 5.78. The topological polar surface area (TPSA) is 43.1 Å². The molecule has 0 saturated heterocycles. The predicted molar refractivity (Wildman–Crippen MR) is 70.8 cm³/mol. The molecule has 0 aliphatic heterocycles. The molecule has 0 heterocycles. The van der Waals surface area contributed by atoms with Crippen LogP contribution in [0.2, 0.25) is 0 Å². The van der Waals surface area contributed by atoms with E-state index in [1.165, 1.54) is 5.56 Å². The molecule has 88 valence electrons. The molecule has 16 heavy (non-hydrogen) atoms. The second kappa shape index (κ2) is 6.16. The minimum absolute atomic E-state index is 0.0169. The van der Waals surface area contributed by atoms with E-state index in [1.807, 2.05) is 18.2 Å². The first-order valence-electron chi connectivity index (χ1n) is 5.66. The Balaban J connectivity index is 3.04. The molecule has 1 rings (SSSR count). The number of rotatable bonds is 5. The first-order valence-corrected chi connectivity index (χ1v) is 6.46. The van der Waals surface area contributed by atoms with Gasteiger partial charge >= 0.3 is 0 Å². The highest BCUT2D eigenvalue weighted by Crippen LogP contribution is 2.30. The first-order chi connectivity index (χ1) is 7.63. The molecule has 3 heteroatoms. The summed E-state index contributed by atoms with van der Waals surface area (Å²) in [5, 5.41) is 0. The van der Waals surface area contributed by atoms with Crippen molar-refractivity contribution >= 4 is 21.7 Å². The summed E-state index contributed by atoms with van der Waals surface area (Å²) in [4.78, 5) is 11.4. The zero-order valence-electron chi connectivity index (χ0n) is 9.79. The van der Waals surface area contributed by atoms with E-state index in [2.05, 4.69) is 29.8 Å². The van der Waals surface area contributed by atoms with Gasteiger partial charge in [-0.05, 0) is 30.4 Å². The third-order valence-electron chi connectivity index (χ3n) is 2.93. The lowest BCUT2D eigenvalue weighted by atomic mass is 9.93. The Morgan fingerprint density at radius 3 is 2.44 bits per heavy atom. The number of nitrogens with two attached hydrogens (primary N) is 1. The lowest BCUT2D eigenvalue weighted by Gasteiger charge is -2.15. The van der Waals surface area contributed by atoms with Gasteiger partial charge in [-0.1, -0.05) is 41.9 Å². The number of benzene rings is 1. The molecule has 0 aromatic heterocycles. The number of halogens is 1. The van der Waals surface area contributed by atoms with Crippen molar-refractivity contribution in [1.82, 2.24) is 0 Å². The van der Waals surface area contributed by atoms with Crippen LogP contribution < -0.4 is 5.73 Å². The SMILES string of the molecule is CCC(CC)c1ccc(C(=O)CN)cc1Br. The molecule has 0 aliphatic rings. The largest absolute Gasteiger partial charge is 0.324 e. The molecule has 0 amide bonds. The number of hydrogen-bond donors (Lipinski definition) is 1. The smallest absolute Gasteiger partial charge is 0.176 e. The molecular weight excluding hydrogens is 266 g/mol. The van der Waals surface area contributed by atoms with E-state index >= 15 is 0 Å². The van der Waals surface area contributed by atoms with Crippen molar-refractivity contribution in [2.24, 2.45) is 5.73 Å². The Morgan fingerprint density at radius 2 is 2.00 bits per heavy atom. The van der Waals surface area contributed by atoms with Gasteiger partial charge < -0.3 is 5.73 Å². The van der Waals surface area contributed by atoms with E-state index < -0.39 is 0 Å². The van der Waals surface area contributed by atoms with Crippen molar-refractivity contribution < 1.29 is 4.79 Å². The molecule has 0 spiro atoms. The molecule has 0 saturated carbocycles. The lowest BCUT2D eigenvalue weighted by Crippen LogP contribution is -2.13. The van der Waals surface area contributed by atoms with Crippen LogP contribution in [-0.2, 0) is 0 Å². The van der Waals surface area contributed by atoms with Crippen molar-refractivity contribution in [3.8, 4) is 0 Å². The molecule has 0 radical (unpaired) electrons. The summed E-state index contributed by atoms with van der Waals surface area (Å²) in [5.74, 6) is 0.535. The summed E-state index contributed by atoms with van der Waals surface area (Å²) in [5.41, 5.74) is 7.30. The first kappa shape index (κ1) is 13.4. The van der Waals surface area contributed by atoms with Crippen LogP contribution >= 0.6 is 15.9 Å². The number of carbonyl (C=O) groups is 1. The molecule has 0 bridgehead atoms. The summed E-state index contributed by atoms with van der Waals surface area (Å²) < 4.78 is 1.01. The summed E-state index contributed by atoms with van der Waals surface area (Å²) in [7, 11) is 0. The molecule has 0 aliphatic carbocycles. The number of carbonyl (C=O) groups excluding carboxylic acids is 1. The Hall–Kier alpha value is -0.670. The average molecular weight is 284 g/mol. The number of Topliss-reactive ketones (excluding diaryl/α,β-unsaturated/α-hetero) is 1. The second-order valence-electron chi connectivity index (χ2n) is 3.88. The summed E-state index contributed by atoms with van der Waals surface area (Å²) in [6.45, 7) is 4.43. The fraction of sp³-hybridized carbons (Fsp3) is 0.462. The Labute approximate surface area is 105 Å². The van der Waals surface area contributed by atoms with Gasteiger partial charge in [0.05, 0.1) is 6.54 Å². The number of ketones is 1. The minimum atomic E-state index is -0.0169. The second-order valence-corrected chi connectivity index (χ2v) is 4.73. The molecule has 0 unspecified atom stereocenters. The molecule has 2 N–H and O–H groups in total. The summed E-state index contributed by atoms with van der Waals surface area (Å²) in [6.07, 6.45) is 2.22. The van der Waals surface area contributed by atoms with E-state index in [4.69, 9.17) is 5.73 Å². The monoisotopic (exact) mass is 283 g/mol. The van der Waals surface area contributed by atoms with E-state index in [9.17, 15) is 4.79 Å². The predicted octanol–water partition coefficient (Wildman–Crippen LogP) is 3.49. The van der Waals surface area contributed by atoms with Gasteiger partial charge in [0.1, 0.15) is 0 Å². The lowest BCUT2D eigenvalue weighted by molar-refractivity contribution is 0.100. The maximum absolute atomic E-state index is 11.4. The Kier molecular flexibility index (Phi) is 5.16. The Morgan fingerprint density at radius 1 is 1.38 bits per heavy atom. The minimum Gasteiger partial charge on any atom is -0.324 e. The normalized spacial score (nSPS) is 10.8. The van der Waals surface area contributed by atoms with E-state index in [0.717, 1.165) is 17.3 Å². The summed E-state index contributed by atoms with van der Waals surface area (Å²) >= 11 is 3.53. The highest BCUT2D eigenvalue weighted by Gasteiger charge is 2.12. The van der Waals surface area contributed by atoms with Crippen molar-refractivity contribution in [2.45, 2.75) is 32.6 Å². The third-order valence-corrected chi connectivity index (χ3v) is 3.62. The Bertz CT molecular complexity index is 372. The van der Waals surface area contributed by atoms with Crippen molar-refractivity contribution in [3.63, 3.8) is 0 Å². The highest BCUT2D eigenvalue weighted by atomic mass is 79.9.